The Morgan fingerprint density at radius 2 is 1.69 bits per heavy atom. The maximum absolute atomic E-state index is 13.7. The Kier molecular flexibility index (Phi) is 9.26. The van der Waals surface area contributed by atoms with Crippen LogP contribution in [0.25, 0.3) is 11.0 Å². The van der Waals surface area contributed by atoms with Gasteiger partial charge in [0.1, 0.15) is 11.4 Å². The number of hydrogen-bond donors (Lipinski definition) is 4. The molecule has 226 valence electrons. The van der Waals surface area contributed by atoms with Crippen molar-refractivity contribution >= 4 is 22.8 Å². The van der Waals surface area contributed by atoms with Gasteiger partial charge < -0.3 is 15.2 Å². The van der Waals surface area contributed by atoms with Crippen molar-refractivity contribution in [2.24, 2.45) is 5.92 Å². The van der Waals surface area contributed by atoms with Gasteiger partial charge >= 0.3 is 6.36 Å². The summed E-state index contributed by atoms with van der Waals surface area (Å²) in [4.78, 5) is 34.6. The molecule has 0 spiro atoms. The van der Waals surface area contributed by atoms with Crippen LogP contribution in [0.2, 0.25) is 0 Å². The summed E-state index contributed by atoms with van der Waals surface area (Å²) < 4.78 is 69.0. The number of aromatic nitrogens is 2. The van der Waals surface area contributed by atoms with Crippen molar-refractivity contribution in [1.82, 2.24) is 20.8 Å². The van der Waals surface area contributed by atoms with Crippen LogP contribution in [0, 0.1) is 5.92 Å². The predicted molar refractivity (Wildman–Crippen MR) is 139 cm³/mol. The summed E-state index contributed by atoms with van der Waals surface area (Å²) in [7, 11) is 0. The van der Waals surface area contributed by atoms with Gasteiger partial charge in [-0.2, -0.15) is 0 Å². The van der Waals surface area contributed by atoms with E-state index >= 15 is 0 Å². The second kappa shape index (κ2) is 12.5. The van der Waals surface area contributed by atoms with Crippen molar-refractivity contribution in [2.75, 3.05) is 0 Å². The standard InChI is InChI=1S/C28H29F5N4O5/c29-26(30)12-9-17(10-13-26)11-14-27(40,25(39)37-41)23(15-18-5-7-19(8-6-18)42-28(31,32)33)36-24(38)22-16-34-20-3-1-2-4-21(20)35-22/h1-8,16-17,23,40-41H,9-15H2,(H,36,38)(H,37,39). The van der Waals surface area contributed by atoms with Gasteiger partial charge in [-0.25, -0.2) is 19.2 Å². The lowest BCUT2D eigenvalue weighted by Gasteiger charge is -2.37. The third-order valence-corrected chi connectivity index (χ3v) is 7.42. The smallest absolute Gasteiger partial charge is 0.406 e. The highest BCUT2D eigenvalue weighted by Gasteiger charge is 2.46. The number of ether oxygens (including phenoxy) is 1. The number of nitrogens with zero attached hydrogens (tertiary/aromatic N) is 2. The van der Waals surface area contributed by atoms with Crippen LogP contribution in [-0.2, 0) is 11.2 Å². The van der Waals surface area contributed by atoms with E-state index in [2.05, 4.69) is 20.0 Å². The second-order valence-corrected chi connectivity index (χ2v) is 10.4. The highest BCUT2D eigenvalue weighted by Crippen LogP contribution is 2.39. The molecule has 2 unspecified atom stereocenters. The van der Waals surface area contributed by atoms with Gasteiger partial charge in [-0.15, -0.1) is 13.2 Å². The molecule has 0 radical (unpaired) electrons. The first-order valence-corrected chi connectivity index (χ1v) is 13.2. The molecule has 1 saturated carbocycles. The summed E-state index contributed by atoms with van der Waals surface area (Å²) in [5.74, 6) is -5.61. The Hall–Kier alpha value is -3.91. The van der Waals surface area contributed by atoms with Gasteiger partial charge in [0, 0.05) is 12.8 Å². The number of amides is 2. The maximum Gasteiger partial charge on any atom is 0.573 e. The predicted octanol–water partition coefficient (Wildman–Crippen LogP) is 4.71. The number of carbonyl (C=O) groups excluding carboxylic acids is 2. The number of nitrogens with one attached hydrogen (secondary N) is 2. The summed E-state index contributed by atoms with van der Waals surface area (Å²) in [5.41, 5.74) is 0.0418. The van der Waals surface area contributed by atoms with Crippen molar-refractivity contribution in [3.63, 3.8) is 0 Å². The van der Waals surface area contributed by atoms with E-state index in [-0.39, 0.29) is 56.6 Å². The van der Waals surface area contributed by atoms with Gasteiger partial charge in [0.2, 0.25) is 5.92 Å². The number of aliphatic hydroxyl groups is 1. The molecule has 1 aliphatic rings. The Balaban J connectivity index is 1.61. The Morgan fingerprint density at radius 1 is 1.05 bits per heavy atom. The fraction of sp³-hybridized carbons (Fsp3) is 0.429. The number of alkyl halides is 5. The van der Waals surface area contributed by atoms with Gasteiger partial charge in [0.15, 0.2) is 5.60 Å². The maximum atomic E-state index is 13.7. The van der Waals surface area contributed by atoms with Gasteiger partial charge in [-0.1, -0.05) is 24.3 Å². The molecule has 0 bridgehead atoms. The third kappa shape index (κ3) is 7.88. The quantitative estimate of drug-likeness (QED) is 0.151. The summed E-state index contributed by atoms with van der Waals surface area (Å²) in [6, 6.07) is 9.89. The van der Waals surface area contributed by atoms with Crippen LogP contribution < -0.4 is 15.5 Å². The van der Waals surface area contributed by atoms with Crippen LogP contribution in [-0.4, -0.2) is 56.0 Å². The monoisotopic (exact) mass is 596 g/mol. The zero-order valence-electron chi connectivity index (χ0n) is 22.2. The minimum Gasteiger partial charge on any atom is -0.406 e. The minimum absolute atomic E-state index is 0.126. The summed E-state index contributed by atoms with van der Waals surface area (Å²) in [6.45, 7) is 0. The highest BCUT2D eigenvalue weighted by atomic mass is 19.4. The first kappa shape index (κ1) is 31.0. The van der Waals surface area contributed by atoms with Crippen molar-refractivity contribution < 1.29 is 46.6 Å². The molecular formula is C28H29F5N4O5. The highest BCUT2D eigenvalue weighted by molar-refractivity contribution is 5.95. The molecule has 2 amide bonds. The molecule has 3 aromatic rings. The van der Waals surface area contributed by atoms with Crippen LogP contribution in [0.1, 0.15) is 54.6 Å². The molecule has 2 aromatic carbocycles. The fourth-order valence-corrected chi connectivity index (χ4v) is 5.06. The minimum atomic E-state index is -4.92. The number of rotatable bonds is 10. The van der Waals surface area contributed by atoms with Crippen LogP contribution in [0.4, 0.5) is 22.0 Å². The molecular weight excluding hydrogens is 567 g/mol. The van der Waals surface area contributed by atoms with Gasteiger partial charge in [-0.3, -0.25) is 19.8 Å². The first-order valence-electron chi connectivity index (χ1n) is 13.2. The van der Waals surface area contributed by atoms with E-state index < -0.39 is 41.5 Å². The van der Waals surface area contributed by atoms with E-state index in [1.165, 1.54) is 23.8 Å². The Morgan fingerprint density at radius 3 is 2.31 bits per heavy atom. The molecule has 0 aliphatic heterocycles. The number of hydroxylamine groups is 1. The average molecular weight is 597 g/mol. The van der Waals surface area contributed by atoms with E-state index in [0.717, 1.165) is 12.1 Å². The van der Waals surface area contributed by atoms with Crippen molar-refractivity contribution in [3.8, 4) is 5.75 Å². The fourth-order valence-electron chi connectivity index (χ4n) is 5.06. The number of hydrogen-bond acceptors (Lipinski definition) is 7. The van der Waals surface area contributed by atoms with Crippen molar-refractivity contribution in [1.29, 1.82) is 0 Å². The third-order valence-electron chi connectivity index (χ3n) is 7.42. The van der Waals surface area contributed by atoms with Crippen molar-refractivity contribution in [3.05, 3.63) is 66.0 Å². The molecule has 1 aliphatic carbocycles. The van der Waals surface area contributed by atoms with Crippen LogP contribution >= 0.6 is 0 Å². The molecule has 1 heterocycles. The van der Waals surface area contributed by atoms with E-state index in [0.29, 0.717) is 16.6 Å². The molecule has 1 aromatic heterocycles. The Labute approximate surface area is 237 Å². The van der Waals surface area contributed by atoms with Gasteiger partial charge in [0.05, 0.1) is 23.3 Å². The lowest BCUT2D eigenvalue weighted by molar-refractivity contribution is -0.274. The van der Waals surface area contributed by atoms with E-state index in [1.54, 1.807) is 24.3 Å². The molecule has 42 heavy (non-hydrogen) atoms. The van der Waals surface area contributed by atoms with Crippen molar-refractivity contribution in [2.45, 2.75) is 68.9 Å². The SMILES string of the molecule is O=C(NC(Cc1ccc(OC(F)(F)F)cc1)C(O)(CCC1CCC(F)(F)CC1)C(=O)NO)c1cnc2ccccc2n1. The molecule has 4 N–H and O–H groups in total. The molecule has 0 saturated heterocycles. The largest absolute Gasteiger partial charge is 0.573 e. The Bertz CT molecular complexity index is 1400. The zero-order valence-corrected chi connectivity index (χ0v) is 22.2. The number of benzene rings is 2. The second-order valence-electron chi connectivity index (χ2n) is 10.4. The van der Waals surface area contributed by atoms with Gasteiger partial charge in [0.25, 0.3) is 11.8 Å². The number of halogens is 5. The van der Waals surface area contributed by atoms with Crippen LogP contribution in [0.3, 0.4) is 0 Å². The number of fused-ring (bicyclic) bond motifs is 1. The average Bonchev–Trinajstić information content (AvgIpc) is 2.95. The van der Waals surface area contributed by atoms with E-state index in [1.807, 2.05) is 0 Å². The normalized spacial score (nSPS) is 17.7. The van der Waals surface area contributed by atoms with Crippen LogP contribution in [0.15, 0.2) is 54.7 Å². The number of carbonyl (C=O) groups is 2. The van der Waals surface area contributed by atoms with Crippen LogP contribution in [0.5, 0.6) is 5.75 Å². The lowest BCUT2D eigenvalue weighted by atomic mass is 9.78. The van der Waals surface area contributed by atoms with E-state index in [9.17, 15) is 41.9 Å². The molecule has 1 fully saturated rings. The first-order chi connectivity index (χ1) is 19.8. The molecule has 9 nitrogen and oxygen atoms in total. The molecule has 4 rings (SSSR count). The summed E-state index contributed by atoms with van der Waals surface area (Å²) >= 11 is 0. The summed E-state index contributed by atoms with van der Waals surface area (Å²) in [6.07, 6.45) is -4.54. The lowest BCUT2D eigenvalue weighted by Crippen LogP contribution is -2.61. The van der Waals surface area contributed by atoms with E-state index in [4.69, 9.17) is 0 Å². The topological polar surface area (TPSA) is 134 Å². The molecule has 2 atom stereocenters. The number of para-hydroxylation sites is 2. The summed E-state index contributed by atoms with van der Waals surface area (Å²) in [5, 5.41) is 23.7. The molecule has 14 heteroatoms. The zero-order chi connectivity index (χ0) is 30.5. The van der Waals surface area contributed by atoms with Gasteiger partial charge in [-0.05, 0) is 67.9 Å².